The molecule has 0 saturated carbocycles. The monoisotopic (exact) mass is 346 g/mol. The lowest BCUT2D eigenvalue weighted by Gasteiger charge is -2.29. The van der Waals surface area contributed by atoms with Crippen LogP contribution in [0.1, 0.15) is 19.3 Å². The predicted molar refractivity (Wildman–Crippen MR) is 85.7 cm³/mol. The standard InChI is InChI=1S/C16H20FN3O4/c1-11(21)18-9-13-10-20(16(22)24-13)12-2-3-15(14(17)8-12)19-4-6-23-7-5-19/h2-3,8,13H,4-7,9-10H2,1H3,(H,18,21)/t13-/m0/s1/i6D2,7D2,9D2,10D2,13D. The van der Waals surface area contributed by atoms with Crippen LogP contribution in [0.3, 0.4) is 0 Å². The fraction of sp³-hybridized carbons (Fsp3) is 0.500. The van der Waals surface area contributed by atoms with Crippen LogP contribution >= 0.6 is 0 Å². The van der Waals surface area contributed by atoms with Crippen molar-refractivity contribution in [3.05, 3.63) is 24.0 Å². The highest BCUT2D eigenvalue weighted by Gasteiger charge is 2.32. The highest BCUT2D eigenvalue weighted by molar-refractivity contribution is 5.90. The van der Waals surface area contributed by atoms with Crippen molar-refractivity contribution in [2.45, 2.75) is 13.0 Å². The van der Waals surface area contributed by atoms with Gasteiger partial charge in [-0.3, -0.25) is 9.69 Å². The Hall–Kier alpha value is -2.35. The van der Waals surface area contributed by atoms with E-state index in [0.717, 1.165) is 24.0 Å². The van der Waals surface area contributed by atoms with E-state index in [4.69, 9.17) is 12.3 Å². The predicted octanol–water partition coefficient (Wildman–Crippen LogP) is 1.12. The molecule has 1 atom stereocenters. The molecule has 0 aliphatic carbocycles. The minimum Gasteiger partial charge on any atom is -0.442 e. The molecule has 2 saturated heterocycles. The summed E-state index contributed by atoms with van der Waals surface area (Å²) >= 11 is 0. The molecule has 2 aliphatic heterocycles. The van der Waals surface area contributed by atoms with Crippen molar-refractivity contribution >= 4 is 23.4 Å². The van der Waals surface area contributed by atoms with Crippen molar-refractivity contribution in [2.24, 2.45) is 0 Å². The first-order valence-corrected chi connectivity index (χ1v) is 6.89. The smallest absolute Gasteiger partial charge is 0.414 e. The van der Waals surface area contributed by atoms with Crippen LogP contribution in [-0.4, -0.2) is 57.3 Å². The fourth-order valence-corrected chi connectivity index (χ4v) is 2.06. The van der Waals surface area contributed by atoms with Gasteiger partial charge in [-0.1, -0.05) is 0 Å². The molecule has 7 nitrogen and oxygen atoms in total. The minimum atomic E-state index is -3.26. The van der Waals surface area contributed by atoms with Gasteiger partial charge < -0.3 is 19.7 Å². The van der Waals surface area contributed by atoms with Gasteiger partial charge in [-0.2, -0.15) is 0 Å². The number of cyclic esters (lactones) is 1. The minimum absolute atomic E-state index is 0.227. The molecule has 1 aromatic carbocycles. The van der Waals surface area contributed by atoms with Gasteiger partial charge in [0, 0.05) is 20.0 Å². The van der Waals surface area contributed by atoms with Gasteiger partial charge in [0.2, 0.25) is 5.91 Å². The zero-order valence-electron chi connectivity index (χ0n) is 21.6. The van der Waals surface area contributed by atoms with Crippen LogP contribution in [0.4, 0.5) is 20.6 Å². The molecule has 0 unspecified atom stereocenters. The third-order valence-corrected chi connectivity index (χ3v) is 3.12. The number of amides is 2. The molecule has 24 heavy (non-hydrogen) atoms. The Labute approximate surface area is 151 Å². The quantitative estimate of drug-likeness (QED) is 0.885. The van der Waals surface area contributed by atoms with Crippen LogP contribution in [0.25, 0.3) is 0 Å². The van der Waals surface area contributed by atoms with Gasteiger partial charge >= 0.3 is 6.09 Å². The van der Waals surface area contributed by atoms with Crippen LogP contribution in [0.5, 0.6) is 0 Å². The van der Waals surface area contributed by atoms with Crippen LogP contribution in [0, 0.1) is 5.82 Å². The maximum absolute atomic E-state index is 15.0. The van der Waals surface area contributed by atoms with E-state index in [1.165, 1.54) is 0 Å². The van der Waals surface area contributed by atoms with Crippen LogP contribution < -0.4 is 15.1 Å². The van der Waals surface area contributed by atoms with Crippen LogP contribution in [0.15, 0.2) is 18.2 Å². The molecular formula is C16H20FN3O4. The van der Waals surface area contributed by atoms with Crippen molar-refractivity contribution in [1.82, 2.24) is 5.32 Å². The number of halogens is 1. The summed E-state index contributed by atoms with van der Waals surface area (Å²) in [4.78, 5) is 25.0. The van der Waals surface area contributed by atoms with Crippen molar-refractivity contribution in [3.63, 3.8) is 0 Å². The van der Waals surface area contributed by atoms with E-state index in [0.29, 0.717) is 6.07 Å². The topological polar surface area (TPSA) is 71.1 Å². The molecule has 0 bridgehead atoms. The number of nitrogens with zero attached hydrogens (tertiary/aromatic N) is 2. The largest absolute Gasteiger partial charge is 0.442 e. The van der Waals surface area contributed by atoms with Crippen molar-refractivity contribution < 1.29 is 35.8 Å². The fourth-order valence-electron chi connectivity index (χ4n) is 2.06. The van der Waals surface area contributed by atoms with Gasteiger partial charge in [0.25, 0.3) is 0 Å². The third kappa shape index (κ3) is 3.59. The SMILES string of the molecule is [2H]C1([2H])CN(c2ccc(N3C(=O)O[C@@]([2H])(C([2H])([2H])NC(C)=O)C3([2H])[2H])cc2F)CC([2H])([2H])O1. The first-order chi connectivity index (χ1) is 14.8. The van der Waals surface area contributed by atoms with Crippen LogP contribution in [0.2, 0.25) is 0 Å². The molecule has 3 rings (SSSR count). The van der Waals surface area contributed by atoms with Crippen LogP contribution in [-0.2, 0) is 14.3 Å². The summed E-state index contributed by atoms with van der Waals surface area (Å²) in [5.41, 5.74) is -0.702. The Morgan fingerprint density at radius 3 is 2.96 bits per heavy atom. The number of morpholine rings is 1. The number of benzene rings is 1. The summed E-state index contributed by atoms with van der Waals surface area (Å²) < 4.78 is 95.4. The Morgan fingerprint density at radius 1 is 1.54 bits per heavy atom. The van der Waals surface area contributed by atoms with Crippen molar-refractivity contribution in [1.29, 1.82) is 0 Å². The Kier molecular flexibility index (Phi) is 2.54. The maximum atomic E-state index is 15.0. The average molecular weight is 346 g/mol. The summed E-state index contributed by atoms with van der Waals surface area (Å²) in [7, 11) is 0. The lowest BCUT2D eigenvalue weighted by atomic mass is 10.2. The van der Waals surface area contributed by atoms with Crippen molar-refractivity contribution in [3.8, 4) is 0 Å². The molecule has 2 aliphatic rings. The molecule has 0 aromatic heterocycles. The first-order valence-electron chi connectivity index (χ1n) is 11.4. The van der Waals surface area contributed by atoms with E-state index < -0.39 is 68.8 Å². The maximum Gasteiger partial charge on any atom is 0.414 e. The van der Waals surface area contributed by atoms with E-state index in [9.17, 15) is 14.0 Å². The lowest BCUT2D eigenvalue weighted by Crippen LogP contribution is -2.36. The summed E-state index contributed by atoms with van der Waals surface area (Å²) in [6.45, 7) is -11.3. The van der Waals surface area contributed by atoms with E-state index >= 15 is 0 Å². The molecule has 1 N–H and O–H groups in total. The molecule has 2 heterocycles. The molecule has 1 aromatic rings. The highest BCUT2D eigenvalue weighted by Crippen LogP contribution is 2.28. The van der Waals surface area contributed by atoms with Gasteiger partial charge in [0.05, 0.1) is 49.8 Å². The second kappa shape index (κ2) is 7.04. The molecule has 130 valence electrons. The third-order valence-electron chi connectivity index (χ3n) is 3.12. The van der Waals surface area contributed by atoms with E-state index in [-0.39, 0.29) is 10.6 Å². The second-order valence-corrected chi connectivity index (χ2v) is 4.83. The van der Waals surface area contributed by atoms with Gasteiger partial charge in [-0.15, -0.1) is 0 Å². The number of carbonyl (C=O) groups excluding carboxylic acids is 2. The number of ether oxygens (including phenoxy) is 2. The number of hydrogen-bond donors (Lipinski definition) is 1. The Morgan fingerprint density at radius 2 is 2.29 bits per heavy atom. The Balaban J connectivity index is 1.97. The number of anilines is 2. The number of rotatable bonds is 4. The molecular weight excluding hydrogens is 317 g/mol. The van der Waals surface area contributed by atoms with Gasteiger partial charge in [0.1, 0.15) is 11.9 Å². The molecule has 2 amide bonds. The highest BCUT2D eigenvalue weighted by atomic mass is 19.1. The van der Waals surface area contributed by atoms with E-state index in [2.05, 4.69) is 9.47 Å². The normalized spacial score (nSPS) is 36.4. The summed E-state index contributed by atoms with van der Waals surface area (Å²) in [6, 6.07) is 2.80. The summed E-state index contributed by atoms with van der Waals surface area (Å²) in [6.07, 6.45) is -4.76. The van der Waals surface area contributed by atoms with Crippen molar-refractivity contribution in [2.75, 3.05) is 49.0 Å². The molecule has 0 radical (unpaired) electrons. The summed E-state index contributed by atoms with van der Waals surface area (Å²) in [5.74, 6) is -2.02. The first kappa shape index (κ1) is 8.66. The van der Waals surface area contributed by atoms with Gasteiger partial charge in [-0.25, -0.2) is 9.18 Å². The summed E-state index contributed by atoms with van der Waals surface area (Å²) in [5, 5.41) is 1.73. The zero-order valence-corrected chi connectivity index (χ0v) is 12.6. The molecule has 8 heteroatoms. The molecule has 2 fully saturated rings. The van der Waals surface area contributed by atoms with Gasteiger partial charge in [0.15, 0.2) is 0 Å². The number of hydrogen-bond acceptors (Lipinski definition) is 5. The Bertz CT molecular complexity index is 980. The average Bonchev–Trinajstić information content (AvgIpc) is 2.76. The second-order valence-electron chi connectivity index (χ2n) is 4.83. The number of nitrogens with one attached hydrogen (secondary N) is 1. The van der Waals surface area contributed by atoms with E-state index in [1.54, 1.807) is 5.32 Å². The number of carbonyl (C=O) groups is 2. The zero-order chi connectivity index (χ0) is 25.2. The van der Waals surface area contributed by atoms with E-state index in [1.807, 2.05) is 0 Å². The molecule has 0 spiro atoms. The van der Waals surface area contributed by atoms with Gasteiger partial charge in [-0.05, 0) is 18.2 Å². The lowest BCUT2D eigenvalue weighted by molar-refractivity contribution is -0.119.